The molecular weight excluding hydrogens is 268 g/mol. The van der Waals surface area contributed by atoms with E-state index in [0.29, 0.717) is 29.0 Å². The zero-order chi connectivity index (χ0) is 15.4. The second-order valence-corrected chi connectivity index (χ2v) is 4.56. The second-order valence-electron chi connectivity index (χ2n) is 4.56. The normalized spacial score (nSPS) is 10.5. The van der Waals surface area contributed by atoms with Crippen LogP contribution in [0.4, 0.5) is 5.69 Å². The SMILES string of the molecule is C=CCCn1ncc2c(N)c(C(=O)OCC=C)c(C)nc21. The highest BCUT2D eigenvalue weighted by Gasteiger charge is 2.20. The summed E-state index contributed by atoms with van der Waals surface area (Å²) >= 11 is 0. The first kappa shape index (κ1) is 14.8. The summed E-state index contributed by atoms with van der Waals surface area (Å²) in [4.78, 5) is 16.5. The molecule has 0 atom stereocenters. The number of nitrogens with zero attached hydrogens (tertiary/aromatic N) is 3. The molecule has 2 rings (SSSR count). The quantitative estimate of drug-likeness (QED) is 0.650. The van der Waals surface area contributed by atoms with Gasteiger partial charge >= 0.3 is 5.97 Å². The number of aromatic nitrogens is 3. The molecule has 0 spiro atoms. The summed E-state index contributed by atoms with van der Waals surface area (Å²) in [5.41, 5.74) is 7.91. The van der Waals surface area contributed by atoms with Crippen LogP contribution in [0.3, 0.4) is 0 Å². The fourth-order valence-corrected chi connectivity index (χ4v) is 2.07. The van der Waals surface area contributed by atoms with Crippen LogP contribution >= 0.6 is 0 Å². The van der Waals surface area contributed by atoms with E-state index in [2.05, 4.69) is 23.2 Å². The lowest BCUT2D eigenvalue weighted by molar-refractivity contribution is 0.0550. The van der Waals surface area contributed by atoms with Gasteiger partial charge in [0.2, 0.25) is 0 Å². The summed E-state index contributed by atoms with van der Waals surface area (Å²) in [7, 11) is 0. The van der Waals surface area contributed by atoms with Crippen molar-refractivity contribution in [1.29, 1.82) is 0 Å². The predicted molar refractivity (Wildman–Crippen MR) is 82.0 cm³/mol. The number of hydrogen-bond donors (Lipinski definition) is 1. The molecule has 2 aromatic heterocycles. The maximum atomic E-state index is 12.0. The molecule has 0 aliphatic heterocycles. The molecule has 0 radical (unpaired) electrons. The Bertz CT molecular complexity index is 703. The zero-order valence-corrected chi connectivity index (χ0v) is 12.0. The highest BCUT2D eigenvalue weighted by molar-refractivity contribution is 6.04. The van der Waals surface area contributed by atoms with Crippen molar-refractivity contribution in [2.24, 2.45) is 0 Å². The van der Waals surface area contributed by atoms with Gasteiger partial charge in [-0.1, -0.05) is 18.7 Å². The lowest BCUT2D eigenvalue weighted by atomic mass is 10.1. The lowest BCUT2D eigenvalue weighted by Gasteiger charge is -2.10. The van der Waals surface area contributed by atoms with E-state index in [0.717, 1.165) is 6.42 Å². The first-order chi connectivity index (χ1) is 10.1. The molecule has 0 aliphatic rings. The van der Waals surface area contributed by atoms with E-state index in [9.17, 15) is 4.79 Å². The average Bonchev–Trinajstić information content (AvgIpc) is 2.86. The number of esters is 1. The third kappa shape index (κ3) is 2.79. The molecule has 0 aliphatic carbocycles. The molecule has 0 fully saturated rings. The molecule has 21 heavy (non-hydrogen) atoms. The number of nitrogen functional groups attached to an aromatic ring is 1. The predicted octanol–water partition coefficient (Wildman–Crippen LogP) is 2.24. The summed E-state index contributed by atoms with van der Waals surface area (Å²) in [5.74, 6) is -0.502. The Hall–Kier alpha value is -2.63. The Kier molecular flexibility index (Phi) is 4.37. The van der Waals surface area contributed by atoms with Gasteiger partial charge in [-0.25, -0.2) is 14.5 Å². The van der Waals surface area contributed by atoms with Gasteiger partial charge in [-0.15, -0.1) is 6.58 Å². The van der Waals surface area contributed by atoms with Gasteiger partial charge in [0.15, 0.2) is 5.65 Å². The number of allylic oxidation sites excluding steroid dienone is 1. The van der Waals surface area contributed by atoms with E-state index in [-0.39, 0.29) is 12.2 Å². The van der Waals surface area contributed by atoms with Gasteiger partial charge < -0.3 is 10.5 Å². The van der Waals surface area contributed by atoms with E-state index in [1.165, 1.54) is 6.08 Å². The van der Waals surface area contributed by atoms with Gasteiger partial charge in [0.05, 0.1) is 23.0 Å². The zero-order valence-electron chi connectivity index (χ0n) is 12.0. The van der Waals surface area contributed by atoms with Crippen LogP contribution in [0, 0.1) is 6.92 Å². The number of carbonyl (C=O) groups excluding carboxylic acids is 1. The van der Waals surface area contributed by atoms with Crippen LogP contribution < -0.4 is 5.73 Å². The number of anilines is 1. The van der Waals surface area contributed by atoms with Crippen molar-refractivity contribution >= 4 is 22.7 Å². The summed E-state index contributed by atoms with van der Waals surface area (Å²) in [6.45, 7) is 9.72. The van der Waals surface area contributed by atoms with Crippen LogP contribution in [0.1, 0.15) is 22.5 Å². The van der Waals surface area contributed by atoms with Gasteiger partial charge in [0.1, 0.15) is 12.2 Å². The van der Waals surface area contributed by atoms with Gasteiger partial charge in [-0.3, -0.25) is 0 Å². The monoisotopic (exact) mass is 286 g/mol. The fourth-order valence-electron chi connectivity index (χ4n) is 2.07. The molecule has 2 heterocycles. The van der Waals surface area contributed by atoms with E-state index < -0.39 is 5.97 Å². The van der Waals surface area contributed by atoms with E-state index >= 15 is 0 Å². The number of fused-ring (bicyclic) bond motifs is 1. The summed E-state index contributed by atoms with van der Waals surface area (Å²) in [6.07, 6.45) is 5.71. The molecule has 0 saturated heterocycles. The molecule has 2 aromatic rings. The third-order valence-corrected chi connectivity index (χ3v) is 3.09. The van der Waals surface area contributed by atoms with Crippen LogP contribution in [0.5, 0.6) is 0 Å². The van der Waals surface area contributed by atoms with Gasteiger partial charge in [-0.2, -0.15) is 5.10 Å². The number of carbonyl (C=O) groups is 1. The standard InChI is InChI=1S/C15H18N4O2/c1-4-6-7-19-14-11(9-17-19)13(16)12(10(3)18-14)15(20)21-8-5-2/h4-5,9H,1-2,6-8H2,3H3,(H2,16,18). The van der Waals surface area contributed by atoms with Crippen LogP contribution in [-0.2, 0) is 11.3 Å². The smallest absolute Gasteiger partial charge is 0.342 e. The minimum atomic E-state index is -0.502. The average molecular weight is 286 g/mol. The van der Waals surface area contributed by atoms with Crippen molar-refractivity contribution in [3.05, 3.63) is 42.8 Å². The van der Waals surface area contributed by atoms with Crippen molar-refractivity contribution in [3.8, 4) is 0 Å². The molecule has 0 unspecified atom stereocenters. The number of pyridine rings is 1. The van der Waals surface area contributed by atoms with Crippen LogP contribution in [0.15, 0.2) is 31.5 Å². The van der Waals surface area contributed by atoms with Crippen molar-refractivity contribution < 1.29 is 9.53 Å². The molecule has 6 nitrogen and oxygen atoms in total. The second kappa shape index (κ2) is 6.21. The summed E-state index contributed by atoms with van der Waals surface area (Å²) < 4.78 is 6.79. The Balaban J connectivity index is 2.48. The maximum Gasteiger partial charge on any atom is 0.342 e. The van der Waals surface area contributed by atoms with Gasteiger partial charge in [0.25, 0.3) is 0 Å². The van der Waals surface area contributed by atoms with Gasteiger partial charge in [-0.05, 0) is 13.3 Å². The number of ether oxygens (including phenoxy) is 1. The largest absolute Gasteiger partial charge is 0.458 e. The lowest BCUT2D eigenvalue weighted by Crippen LogP contribution is -2.12. The summed E-state index contributed by atoms with van der Waals surface area (Å²) in [5, 5.41) is 4.90. The summed E-state index contributed by atoms with van der Waals surface area (Å²) in [6, 6.07) is 0. The van der Waals surface area contributed by atoms with Crippen molar-refractivity contribution in [1.82, 2.24) is 14.8 Å². The fraction of sp³-hybridized carbons (Fsp3) is 0.267. The molecule has 0 amide bonds. The van der Waals surface area contributed by atoms with Crippen LogP contribution in [0.2, 0.25) is 0 Å². The highest BCUT2D eigenvalue weighted by Crippen LogP contribution is 2.26. The first-order valence-corrected chi connectivity index (χ1v) is 6.60. The minimum Gasteiger partial charge on any atom is -0.458 e. The maximum absolute atomic E-state index is 12.0. The molecule has 2 N–H and O–H groups in total. The first-order valence-electron chi connectivity index (χ1n) is 6.60. The number of rotatable bonds is 6. The Morgan fingerprint density at radius 1 is 1.48 bits per heavy atom. The van der Waals surface area contributed by atoms with Crippen molar-refractivity contribution in [2.45, 2.75) is 19.9 Å². The number of hydrogen-bond acceptors (Lipinski definition) is 5. The van der Waals surface area contributed by atoms with Crippen LogP contribution in [-0.4, -0.2) is 27.3 Å². The molecular formula is C15H18N4O2. The topological polar surface area (TPSA) is 83.0 Å². The molecule has 6 heteroatoms. The Morgan fingerprint density at radius 3 is 2.90 bits per heavy atom. The third-order valence-electron chi connectivity index (χ3n) is 3.09. The molecule has 110 valence electrons. The van der Waals surface area contributed by atoms with E-state index in [1.54, 1.807) is 17.8 Å². The molecule has 0 aromatic carbocycles. The van der Waals surface area contributed by atoms with Crippen molar-refractivity contribution in [3.63, 3.8) is 0 Å². The number of aryl methyl sites for hydroxylation is 2. The van der Waals surface area contributed by atoms with E-state index in [4.69, 9.17) is 10.5 Å². The van der Waals surface area contributed by atoms with E-state index in [1.807, 2.05) is 6.08 Å². The van der Waals surface area contributed by atoms with Crippen molar-refractivity contribution in [2.75, 3.05) is 12.3 Å². The molecule has 0 bridgehead atoms. The Labute approximate surface area is 122 Å². The number of nitrogens with two attached hydrogens (primary N) is 1. The minimum absolute atomic E-state index is 0.133. The van der Waals surface area contributed by atoms with Gasteiger partial charge in [0, 0.05) is 6.54 Å². The molecule has 0 saturated carbocycles. The van der Waals surface area contributed by atoms with Crippen LogP contribution in [0.25, 0.3) is 11.0 Å². The highest BCUT2D eigenvalue weighted by atomic mass is 16.5. The Morgan fingerprint density at radius 2 is 2.24 bits per heavy atom.